The summed E-state index contributed by atoms with van der Waals surface area (Å²) in [5.74, 6) is -4.05. The molecule has 8 nitrogen and oxygen atoms in total. The van der Waals surface area contributed by atoms with Crippen molar-refractivity contribution < 1.29 is 22.6 Å². The molecule has 32 heavy (non-hydrogen) atoms. The zero-order chi connectivity index (χ0) is 23.7. The number of aromatic nitrogens is 1. The number of rotatable bonds is 5. The fourth-order valence-corrected chi connectivity index (χ4v) is 4.27. The topological polar surface area (TPSA) is 129 Å². The second kappa shape index (κ2) is 8.81. The van der Waals surface area contributed by atoms with Crippen LogP contribution in [0.4, 0.5) is 20.3 Å². The zero-order valence-electron chi connectivity index (χ0n) is 17.8. The maximum atomic E-state index is 13.9. The summed E-state index contributed by atoms with van der Waals surface area (Å²) in [4.78, 5) is 31.0. The van der Waals surface area contributed by atoms with E-state index in [2.05, 4.69) is 10.3 Å². The Kier molecular flexibility index (Phi) is 6.49. The number of aryl methyl sites for hydroxylation is 1. The van der Waals surface area contributed by atoms with Gasteiger partial charge in [-0.2, -0.15) is 0 Å². The lowest BCUT2D eigenvalue weighted by Crippen LogP contribution is -2.31. The van der Waals surface area contributed by atoms with Crippen molar-refractivity contribution >= 4 is 33.0 Å². The van der Waals surface area contributed by atoms with E-state index in [1.165, 1.54) is 24.5 Å². The average Bonchev–Trinajstić information content (AvgIpc) is 2.87. The highest BCUT2D eigenvalue weighted by molar-refractivity contribution is 7.91. The van der Waals surface area contributed by atoms with Gasteiger partial charge in [-0.25, -0.2) is 22.8 Å². The third-order valence-electron chi connectivity index (χ3n) is 5.24. The lowest BCUT2D eigenvalue weighted by molar-refractivity contribution is -0.0102. The summed E-state index contributed by atoms with van der Waals surface area (Å²) in [6.45, 7) is 1.82. The lowest BCUT2D eigenvalue weighted by atomic mass is 10.1. The number of amides is 2. The molecule has 1 atom stereocenters. The van der Waals surface area contributed by atoms with E-state index in [1.54, 1.807) is 24.0 Å². The Morgan fingerprint density at radius 3 is 2.62 bits per heavy atom. The monoisotopic (exact) mass is 465 g/mol. The summed E-state index contributed by atoms with van der Waals surface area (Å²) in [5.41, 5.74) is 6.18. The smallest absolute Gasteiger partial charge is 0.267 e. The van der Waals surface area contributed by atoms with Crippen molar-refractivity contribution in [1.29, 1.82) is 4.78 Å². The highest BCUT2D eigenvalue weighted by Crippen LogP contribution is 2.32. The standard InChI is InChI=1S/C21H25F2N5O3S/c1-13-11-16(18(24)29)27-19(28-9-4-7-21(22,23)8-10-28)17(13)20(30)26-14-5-3-6-15(12-14)32(2,25)31/h3,5-6,11-12,25H,4,7-10H2,1-2H3,(H2,24,29)(H,26,30). The van der Waals surface area contributed by atoms with Crippen LogP contribution in [0.15, 0.2) is 35.2 Å². The number of alkyl halides is 2. The third kappa shape index (κ3) is 5.39. The van der Waals surface area contributed by atoms with Gasteiger partial charge in [0.2, 0.25) is 5.92 Å². The van der Waals surface area contributed by atoms with Gasteiger partial charge in [0.1, 0.15) is 11.5 Å². The van der Waals surface area contributed by atoms with E-state index < -0.39 is 33.9 Å². The number of nitrogens with two attached hydrogens (primary N) is 1. The minimum Gasteiger partial charge on any atom is -0.364 e. The molecule has 0 bridgehead atoms. The van der Waals surface area contributed by atoms with E-state index in [9.17, 15) is 22.6 Å². The first-order valence-electron chi connectivity index (χ1n) is 9.97. The Morgan fingerprint density at radius 1 is 1.25 bits per heavy atom. The zero-order valence-corrected chi connectivity index (χ0v) is 18.6. The first kappa shape index (κ1) is 23.6. The number of hydrogen-bond acceptors (Lipinski definition) is 6. The fourth-order valence-electron chi connectivity index (χ4n) is 3.58. The van der Waals surface area contributed by atoms with Gasteiger partial charge in [0.05, 0.1) is 15.3 Å². The predicted molar refractivity (Wildman–Crippen MR) is 118 cm³/mol. The number of primary amides is 1. The van der Waals surface area contributed by atoms with E-state index in [4.69, 9.17) is 10.5 Å². The minimum absolute atomic E-state index is 0.0336. The Labute approximate surface area is 185 Å². The number of carbonyl (C=O) groups excluding carboxylic acids is 2. The van der Waals surface area contributed by atoms with Crippen molar-refractivity contribution in [1.82, 2.24) is 4.98 Å². The molecule has 1 unspecified atom stereocenters. The van der Waals surface area contributed by atoms with Crippen molar-refractivity contribution in [3.05, 3.63) is 47.2 Å². The number of halogens is 2. The molecule has 0 saturated carbocycles. The van der Waals surface area contributed by atoms with Gasteiger partial charge in [0, 0.05) is 42.8 Å². The second-order valence-corrected chi connectivity index (χ2v) is 10.1. The first-order chi connectivity index (χ1) is 14.9. The average molecular weight is 466 g/mol. The van der Waals surface area contributed by atoms with E-state index >= 15 is 0 Å². The number of carbonyl (C=O) groups is 2. The summed E-state index contributed by atoms with van der Waals surface area (Å²) in [6, 6.07) is 7.51. The van der Waals surface area contributed by atoms with Crippen LogP contribution in [0.1, 0.15) is 45.7 Å². The molecule has 2 aromatic rings. The molecule has 0 aliphatic carbocycles. The molecule has 1 aromatic carbocycles. The maximum absolute atomic E-state index is 13.9. The Balaban J connectivity index is 2.01. The third-order valence-corrected chi connectivity index (χ3v) is 6.39. The van der Waals surface area contributed by atoms with Crippen molar-refractivity contribution in [2.24, 2.45) is 5.73 Å². The normalized spacial score (nSPS) is 17.8. The predicted octanol–water partition coefficient (Wildman–Crippen LogP) is 3.40. The van der Waals surface area contributed by atoms with Crippen LogP contribution in [-0.2, 0) is 9.73 Å². The van der Waals surface area contributed by atoms with Crippen LogP contribution in [0, 0.1) is 11.7 Å². The number of nitrogens with one attached hydrogen (secondary N) is 2. The van der Waals surface area contributed by atoms with Crippen LogP contribution in [0.5, 0.6) is 0 Å². The van der Waals surface area contributed by atoms with E-state index in [0.717, 1.165) is 0 Å². The molecule has 3 rings (SSSR count). The highest BCUT2D eigenvalue weighted by Gasteiger charge is 2.33. The van der Waals surface area contributed by atoms with E-state index in [1.807, 2.05) is 0 Å². The van der Waals surface area contributed by atoms with Crippen molar-refractivity contribution in [3.63, 3.8) is 0 Å². The SMILES string of the molecule is Cc1cc(C(N)=O)nc(N2CCCC(F)(F)CC2)c1C(=O)Nc1cccc(S(C)(=N)=O)c1. The number of hydrogen-bond donors (Lipinski definition) is 3. The van der Waals surface area contributed by atoms with Crippen LogP contribution < -0.4 is 16.0 Å². The van der Waals surface area contributed by atoms with Crippen molar-refractivity contribution in [2.45, 2.75) is 37.0 Å². The molecule has 4 N–H and O–H groups in total. The van der Waals surface area contributed by atoms with Gasteiger partial charge in [-0.1, -0.05) is 6.07 Å². The lowest BCUT2D eigenvalue weighted by Gasteiger charge is -2.25. The summed E-state index contributed by atoms with van der Waals surface area (Å²) >= 11 is 0. The largest absolute Gasteiger partial charge is 0.364 e. The minimum atomic E-state index is -2.98. The fraction of sp³-hybridized carbons (Fsp3) is 0.381. The second-order valence-electron chi connectivity index (χ2n) is 7.91. The van der Waals surface area contributed by atoms with Gasteiger partial charge in [0.25, 0.3) is 11.8 Å². The van der Waals surface area contributed by atoms with Crippen LogP contribution in [-0.4, -0.2) is 46.3 Å². The van der Waals surface area contributed by atoms with E-state index in [0.29, 0.717) is 11.3 Å². The van der Waals surface area contributed by atoms with Gasteiger partial charge in [-0.15, -0.1) is 0 Å². The van der Waals surface area contributed by atoms with E-state index in [-0.39, 0.29) is 47.9 Å². The number of benzene rings is 1. The molecule has 11 heteroatoms. The van der Waals surface area contributed by atoms with Gasteiger partial charge in [-0.05, 0) is 43.2 Å². The molecule has 1 fully saturated rings. The van der Waals surface area contributed by atoms with Gasteiger partial charge < -0.3 is 16.0 Å². The van der Waals surface area contributed by atoms with Crippen LogP contribution >= 0.6 is 0 Å². The molecular formula is C21H25F2N5O3S. The summed E-state index contributed by atoms with van der Waals surface area (Å²) < 4.78 is 47.5. The number of anilines is 2. The van der Waals surface area contributed by atoms with Crippen molar-refractivity contribution in [3.8, 4) is 0 Å². The molecule has 0 radical (unpaired) electrons. The molecule has 0 spiro atoms. The van der Waals surface area contributed by atoms with Crippen LogP contribution in [0.2, 0.25) is 0 Å². The quantitative estimate of drug-likeness (QED) is 0.623. The summed E-state index contributed by atoms with van der Waals surface area (Å²) in [7, 11) is -2.98. The molecule has 1 aliphatic heterocycles. The van der Waals surface area contributed by atoms with Crippen LogP contribution in [0.3, 0.4) is 0 Å². The Morgan fingerprint density at radius 2 is 1.97 bits per heavy atom. The molecular weight excluding hydrogens is 440 g/mol. The Bertz CT molecular complexity index is 1170. The molecule has 172 valence electrons. The molecule has 2 heterocycles. The summed E-state index contributed by atoms with van der Waals surface area (Å²) in [6.07, 6.45) is 0.811. The van der Waals surface area contributed by atoms with Crippen LogP contribution in [0.25, 0.3) is 0 Å². The molecule has 1 saturated heterocycles. The first-order valence-corrected chi connectivity index (χ1v) is 11.9. The number of nitrogens with zero attached hydrogens (tertiary/aromatic N) is 2. The molecule has 1 aromatic heterocycles. The van der Waals surface area contributed by atoms with Gasteiger partial charge >= 0.3 is 0 Å². The van der Waals surface area contributed by atoms with Gasteiger partial charge in [0.15, 0.2) is 0 Å². The maximum Gasteiger partial charge on any atom is 0.267 e. The van der Waals surface area contributed by atoms with Gasteiger partial charge in [-0.3, -0.25) is 9.59 Å². The summed E-state index contributed by atoms with van der Waals surface area (Å²) in [5, 5.41) is 2.69. The molecule has 2 amide bonds. The van der Waals surface area contributed by atoms with Crippen molar-refractivity contribution in [2.75, 3.05) is 29.6 Å². The highest BCUT2D eigenvalue weighted by atomic mass is 32.2. The Hall–Kier alpha value is -3.08. The molecule has 1 aliphatic rings. The number of pyridine rings is 1.